The number of fused-ring (bicyclic) bond motifs is 2. The molecule has 43 heavy (non-hydrogen) atoms. The number of pyridine rings is 1. The molecule has 2 unspecified atom stereocenters. The predicted molar refractivity (Wildman–Crippen MR) is 158 cm³/mol. The summed E-state index contributed by atoms with van der Waals surface area (Å²) in [6, 6.07) is 19.6. The van der Waals surface area contributed by atoms with Crippen molar-refractivity contribution in [2.75, 3.05) is 11.5 Å². The number of nitro benzene ring substituents is 1. The normalized spacial score (nSPS) is 18.0. The fourth-order valence-corrected chi connectivity index (χ4v) is 5.96. The van der Waals surface area contributed by atoms with Crippen molar-refractivity contribution in [2.45, 2.75) is 32.6 Å². The third kappa shape index (κ3) is 5.16. The number of ether oxygens (including phenoxy) is 1. The molecule has 2 fully saturated rings. The number of anilines is 1. The van der Waals surface area contributed by atoms with Gasteiger partial charge in [-0.3, -0.25) is 29.4 Å². The van der Waals surface area contributed by atoms with E-state index in [1.54, 1.807) is 61.5 Å². The molecule has 6 rings (SSSR count). The van der Waals surface area contributed by atoms with E-state index in [2.05, 4.69) is 0 Å². The van der Waals surface area contributed by atoms with E-state index < -0.39 is 23.3 Å². The molecule has 0 radical (unpaired) electrons. The quantitative estimate of drug-likeness (QED) is 0.0879. The highest BCUT2D eigenvalue weighted by Gasteiger charge is 2.48. The van der Waals surface area contributed by atoms with Crippen molar-refractivity contribution in [1.82, 2.24) is 4.98 Å². The molecule has 0 spiro atoms. The average molecular weight is 578 g/mol. The molecule has 3 aromatic carbocycles. The van der Waals surface area contributed by atoms with Gasteiger partial charge in [-0.15, -0.1) is 0 Å². The lowest BCUT2D eigenvalue weighted by atomic mass is 9.81. The number of ketones is 1. The number of amides is 2. The van der Waals surface area contributed by atoms with Gasteiger partial charge in [-0.25, -0.2) is 9.78 Å². The van der Waals surface area contributed by atoms with Gasteiger partial charge in [0.05, 0.1) is 39.2 Å². The van der Waals surface area contributed by atoms with Crippen molar-refractivity contribution in [3.63, 3.8) is 0 Å². The second-order valence-electron chi connectivity index (χ2n) is 10.9. The first-order chi connectivity index (χ1) is 20.7. The van der Waals surface area contributed by atoms with Gasteiger partial charge in [0, 0.05) is 28.1 Å². The van der Waals surface area contributed by atoms with E-state index in [9.17, 15) is 29.3 Å². The predicted octanol–water partition coefficient (Wildman–Crippen LogP) is 5.84. The number of aryl methyl sites for hydroxylation is 1. The largest absolute Gasteiger partial charge is 0.454 e. The van der Waals surface area contributed by atoms with E-state index in [0.29, 0.717) is 33.4 Å². The summed E-state index contributed by atoms with van der Waals surface area (Å²) in [5.41, 5.74) is 2.65. The SMILES string of the molecule is Cc1ccc(C(=O)COC(=O)c2cc(-c3ccc(N4C(=O)C5CCCCC5C4=O)cc3)nc3ccccc23)cc1[N+](=O)[O-]. The van der Waals surface area contributed by atoms with E-state index in [1.807, 2.05) is 0 Å². The minimum absolute atomic E-state index is 0.0692. The molecule has 1 saturated heterocycles. The molecule has 2 aliphatic rings. The summed E-state index contributed by atoms with van der Waals surface area (Å²) < 4.78 is 5.36. The number of benzene rings is 3. The summed E-state index contributed by atoms with van der Waals surface area (Å²) in [4.78, 5) is 68.7. The summed E-state index contributed by atoms with van der Waals surface area (Å²) in [5, 5.41) is 11.8. The van der Waals surface area contributed by atoms with Crippen LogP contribution in [0.15, 0.2) is 72.8 Å². The van der Waals surface area contributed by atoms with E-state index >= 15 is 0 Å². The lowest BCUT2D eigenvalue weighted by Crippen LogP contribution is -2.30. The van der Waals surface area contributed by atoms with Gasteiger partial charge in [0.25, 0.3) is 5.69 Å². The van der Waals surface area contributed by atoms with Crippen LogP contribution >= 0.6 is 0 Å². The molecule has 1 saturated carbocycles. The summed E-state index contributed by atoms with van der Waals surface area (Å²) in [6.45, 7) is 0.975. The Kier molecular flexibility index (Phi) is 7.27. The number of para-hydroxylation sites is 1. The van der Waals surface area contributed by atoms with Crippen molar-refractivity contribution in [1.29, 1.82) is 0 Å². The highest BCUT2D eigenvalue weighted by molar-refractivity contribution is 6.22. The number of carbonyl (C=O) groups is 4. The highest BCUT2D eigenvalue weighted by atomic mass is 16.6. The molecule has 2 amide bonds. The molecule has 10 heteroatoms. The fourth-order valence-electron chi connectivity index (χ4n) is 5.96. The number of hydrogen-bond acceptors (Lipinski definition) is 8. The molecular formula is C33H27N3O7. The van der Waals surface area contributed by atoms with Crippen LogP contribution in [-0.2, 0) is 14.3 Å². The Hall–Kier alpha value is -5.25. The topological polar surface area (TPSA) is 137 Å². The van der Waals surface area contributed by atoms with Gasteiger partial charge in [0.1, 0.15) is 0 Å². The van der Waals surface area contributed by atoms with E-state index in [0.717, 1.165) is 25.7 Å². The Balaban J connectivity index is 1.25. The molecule has 2 heterocycles. The van der Waals surface area contributed by atoms with Crippen LogP contribution in [0.3, 0.4) is 0 Å². The monoisotopic (exact) mass is 577 g/mol. The first-order valence-electron chi connectivity index (χ1n) is 14.1. The minimum Gasteiger partial charge on any atom is -0.454 e. The van der Waals surface area contributed by atoms with Gasteiger partial charge in [0.2, 0.25) is 17.6 Å². The van der Waals surface area contributed by atoms with Gasteiger partial charge < -0.3 is 4.74 Å². The van der Waals surface area contributed by atoms with E-state index in [4.69, 9.17) is 9.72 Å². The number of esters is 1. The highest BCUT2D eigenvalue weighted by Crippen LogP contribution is 2.40. The van der Waals surface area contributed by atoms with Crippen LogP contribution in [0.25, 0.3) is 22.2 Å². The van der Waals surface area contributed by atoms with Crippen LogP contribution in [0, 0.1) is 28.9 Å². The second-order valence-corrected chi connectivity index (χ2v) is 10.9. The third-order valence-corrected chi connectivity index (χ3v) is 8.26. The first kappa shape index (κ1) is 27.9. The molecule has 1 aliphatic heterocycles. The van der Waals surface area contributed by atoms with Crippen molar-refractivity contribution >= 4 is 45.8 Å². The Morgan fingerprint density at radius 3 is 2.30 bits per heavy atom. The Bertz CT molecular complexity index is 1790. The maximum absolute atomic E-state index is 13.2. The number of nitrogens with zero attached hydrogens (tertiary/aromatic N) is 3. The zero-order valence-corrected chi connectivity index (χ0v) is 23.3. The van der Waals surface area contributed by atoms with E-state index in [-0.39, 0.29) is 40.5 Å². The molecule has 0 N–H and O–H groups in total. The second kappa shape index (κ2) is 11.2. The number of carbonyl (C=O) groups excluding carboxylic acids is 4. The number of rotatable bonds is 7. The van der Waals surface area contributed by atoms with Gasteiger partial charge in [0.15, 0.2) is 6.61 Å². The van der Waals surface area contributed by atoms with Crippen LogP contribution in [0.2, 0.25) is 0 Å². The van der Waals surface area contributed by atoms with E-state index in [1.165, 1.54) is 23.1 Å². The zero-order chi connectivity index (χ0) is 30.2. The smallest absolute Gasteiger partial charge is 0.339 e. The first-order valence-corrected chi connectivity index (χ1v) is 14.1. The van der Waals surface area contributed by atoms with Crippen LogP contribution in [0.5, 0.6) is 0 Å². The summed E-state index contributed by atoms with van der Waals surface area (Å²) in [5.74, 6) is -2.11. The molecule has 216 valence electrons. The molecule has 10 nitrogen and oxygen atoms in total. The maximum atomic E-state index is 13.2. The molecule has 4 aromatic rings. The van der Waals surface area contributed by atoms with Crippen molar-refractivity contribution in [2.24, 2.45) is 11.8 Å². The van der Waals surface area contributed by atoms with Crippen molar-refractivity contribution in [3.8, 4) is 11.3 Å². The maximum Gasteiger partial charge on any atom is 0.339 e. The number of Topliss-reactive ketones (excluding diaryl/α,β-unsaturated/α-hetero) is 1. The van der Waals surface area contributed by atoms with Crippen LogP contribution in [-0.4, -0.2) is 40.1 Å². The summed E-state index contributed by atoms with van der Waals surface area (Å²) >= 11 is 0. The Labute approximate surface area is 246 Å². The molecule has 2 atom stereocenters. The van der Waals surface area contributed by atoms with Gasteiger partial charge in [-0.1, -0.05) is 55.3 Å². The van der Waals surface area contributed by atoms with Gasteiger partial charge >= 0.3 is 5.97 Å². The lowest BCUT2D eigenvalue weighted by molar-refractivity contribution is -0.385. The third-order valence-electron chi connectivity index (χ3n) is 8.26. The molecular weight excluding hydrogens is 550 g/mol. The molecule has 0 bridgehead atoms. The average Bonchev–Trinajstić information content (AvgIpc) is 3.28. The molecule has 1 aromatic heterocycles. The Morgan fingerprint density at radius 2 is 1.63 bits per heavy atom. The van der Waals surface area contributed by atoms with Gasteiger partial charge in [-0.05, 0) is 44.0 Å². The lowest BCUT2D eigenvalue weighted by Gasteiger charge is -2.19. The van der Waals surface area contributed by atoms with Crippen molar-refractivity contribution < 1.29 is 28.8 Å². The Morgan fingerprint density at radius 1 is 0.953 bits per heavy atom. The summed E-state index contributed by atoms with van der Waals surface area (Å²) in [6.07, 6.45) is 3.38. The van der Waals surface area contributed by atoms with Crippen LogP contribution < -0.4 is 4.90 Å². The number of hydrogen-bond donors (Lipinski definition) is 0. The minimum atomic E-state index is -0.748. The van der Waals surface area contributed by atoms with Crippen LogP contribution in [0.4, 0.5) is 11.4 Å². The van der Waals surface area contributed by atoms with Gasteiger partial charge in [-0.2, -0.15) is 0 Å². The summed E-state index contributed by atoms with van der Waals surface area (Å²) in [7, 11) is 0. The van der Waals surface area contributed by atoms with Crippen LogP contribution in [0.1, 0.15) is 52.0 Å². The fraction of sp³-hybridized carbons (Fsp3) is 0.242. The number of nitro groups is 1. The molecule has 1 aliphatic carbocycles. The zero-order valence-electron chi connectivity index (χ0n) is 23.3. The standard InChI is InChI=1S/C33H27N3O7/c1-19-10-11-21(16-29(19)36(41)42)30(37)18-43-33(40)26-17-28(34-27-9-5-4-6-23(26)27)20-12-14-22(15-13-20)35-31(38)24-7-2-3-8-25(24)32(35)39/h4-6,9-17,24-25H,2-3,7-8,18H2,1H3. The number of aromatic nitrogens is 1. The number of imide groups is 1. The van der Waals surface area contributed by atoms with Crippen molar-refractivity contribution in [3.05, 3.63) is 99.6 Å².